The van der Waals surface area contributed by atoms with E-state index in [0.717, 1.165) is 5.57 Å². The summed E-state index contributed by atoms with van der Waals surface area (Å²) in [6.07, 6.45) is 1.88. The van der Waals surface area contributed by atoms with Gasteiger partial charge in [0.15, 0.2) is 0 Å². The Kier molecular flexibility index (Phi) is 5.03. The smallest absolute Gasteiger partial charge is 0.325 e. The Bertz CT molecular complexity index is 502. The summed E-state index contributed by atoms with van der Waals surface area (Å²) in [6.45, 7) is 10.9. The lowest BCUT2D eigenvalue weighted by Gasteiger charge is -2.30. The molecule has 116 valence electrons. The number of sulfonamides is 1. The van der Waals surface area contributed by atoms with Crippen molar-refractivity contribution in [3.8, 4) is 0 Å². The molecule has 1 rings (SSSR count). The summed E-state index contributed by atoms with van der Waals surface area (Å²) in [7, 11) is -3.57. The molecule has 0 saturated carbocycles. The molecule has 1 fully saturated rings. The van der Waals surface area contributed by atoms with Crippen molar-refractivity contribution in [1.82, 2.24) is 4.31 Å². The number of nitrogens with zero attached hydrogens (tertiary/aromatic N) is 1. The zero-order valence-corrected chi connectivity index (χ0v) is 14.0. The molecule has 0 aliphatic carbocycles. The van der Waals surface area contributed by atoms with Crippen LogP contribution in [0.15, 0.2) is 11.6 Å². The van der Waals surface area contributed by atoms with Crippen molar-refractivity contribution in [3.05, 3.63) is 11.6 Å². The Morgan fingerprint density at radius 2 is 2.00 bits per heavy atom. The number of ether oxygens (including phenoxy) is 1. The van der Waals surface area contributed by atoms with Crippen LogP contribution < -0.4 is 0 Å². The second kappa shape index (κ2) is 5.85. The minimum atomic E-state index is -3.57. The third-order valence-electron chi connectivity index (χ3n) is 3.69. The summed E-state index contributed by atoms with van der Waals surface area (Å²) >= 11 is 0. The van der Waals surface area contributed by atoms with Gasteiger partial charge in [0.1, 0.15) is 6.04 Å². The van der Waals surface area contributed by atoms with Crippen molar-refractivity contribution in [2.45, 2.75) is 52.3 Å². The standard InChI is InChI=1S/C14H25NO4S/c1-7-11-9-15(20(17,18)14(4,5)6)12(10(11)3)13(16)19-8-2/h7,10,12H,8-9H2,1-6H3/b11-7+/t10-,12+/m1/s1. The van der Waals surface area contributed by atoms with Crippen LogP contribution in [0.25, 0.3) is 0 Å². The summed E-state index contributed by atoms with van der Waals surface area (Å²) < 4.78 is 30.8. The molecule has 0 aromatic heterocycles. The lowest BCUT2D eigenvalue weighted by molar-refractivity contribution is -0.147. The monoisotopic (exact) mass is 303 g/mol. The molecule has 20 heavy (non-hydrogen) atoms. The SMILES string of the molecule is C/C=C1\CN(S(=O)(=O)C(C)(C)C)[C@H](C(=O)OCC)[C@@H]1C. The van der Waals surface area contributed by atoms with Crippen molar-refractivity contribution >= 4 is 16.0 Å². The molecule has 1 heterocycles. The molecule has 0 aromatic rings. The van der Waals surface area contributed by atoms with Gasteiger partial charge in [-0.05, 0) is 34.6 Å². The molecule has 1 aliphatic rings. The molecule has 0 bridgehead atoms. The second-order valence-corrected chi connectivity index (χ2v) is 8.66. The van der Waals surface area contributed by atoms with Crippen molar-refractivity contribution in [1.29, 1.82) is 0 Å². The molecule has 6 heteroatoms. The van der Waals surface area contributed by atoms with Crippen molar-refractivity contribution in [3.63, 3.8) is 0 Å². The third-order valence-corrected chi connectivity index (χ3v) is 6.21. The predicted octanol–water partition coefficient (Wildman–Crippen LogP) is 1.94. The molecule has 1 aliphatic heterocycles. The molecule has 0 amide bonds. The van der Waals surface area contributed by atoms with Crippen LogP contribution in [-0.4, -0.2) is 42.6 Å². The maximum absolute atomic E-state index is 12.7. The van der Waals surface area contributed by atoms with E-state index in [1.807, 2.05) is 19.9 Å². The first-order chi connectivity index (χ1) is 9.07. The second-order valence-electron chi connectivity index (χ2n) is 6.01. The normalized spacial score (nSPS) is 27.0. The lowest BCUT2D eigenvalue weighted by atomic mass is 9.98. The number of carbonyl (C=O) groups is 1. The molecule has 0 spiro atoms. The van der Waals surface area contributed by atoms with E-state index in [4.69, 9.17) is 4.74 Å². The fourth-order valence-corrected chi connectivity index (χ4v) is 3.95. The molecule has 5 nitrogen and oxygen atoms in total. The Morgan fingerprint density at radius 1 is 1.45 bits per heavy atom. The number of carbonyl (C=O) groups excluding carboxylic acids is 1. The number of allylic oxidation sites excluding steroid dienone is 1. The first-order valence-electron chi connectivity index (χ1n) is 6.91. The zero-order chi connectivity index (χ0) is 15.7. The number of hydrogen-bond donors (Lipinski definition) is 0. The van der Waals surface area contributed by atoms with Crippen LogP contribution in [0.2, 0.25) is 0 Å². The van der Waals surface area contributed by atoms with Gasteiger partial charge in [0.25, 0.3) is 0 Å². The fraction of sp³-hybridized carbons (Fsp3) is 0.786. The van der Waals surface area contributed by atoms with Gasteiger partial charge in [-0.15, -0.1) is 0 Å². The van der Waals surface area contributed by atoms with Gasteiger partial charge in [-0.1, -0.05) is 18.6 Å². The maximum Gasteiger partial charge on any atom is 0.325 e. The number of esters is 1. The van der Waals surface area contributed by atoms with Gasteiger partial charge in [0.2, 0.25) is 10.0 Å². The van der Waals surface area contributed by atoms with Crippen LogP contribution in [0.4, 0.5) is 0 Å². The van der Waals surface area contributed by atoms with E-state index < -0.39 is 26.8 Å². The van der Waals surface area contributed by atoms with Gasteiger partial charge in [-0.3, -0.25) is 4.79 Å². The Hall–Kier alpha value is -0.880. The molecular weight excluding hydrogens is 278 g/mol. The van der Waals surface area contributed by atoms with E-state index in [1.54, 1.807) is 27.7 Å². The van der Waals surface area contributed by atoms with Gasteiger partial charge in [0, 0.05) is 12.5 Å². The summed E-state index contributed by atoms with van der Waals surface area (Å²) in [6, 6.07) is -0.759. The van der Waals surface area contributed by atoms with E-state index in [-0.39, 0.29) is 19.1 Å². The number of rotatable bonds is 3. The Labute approximate surface area is 122 Å². The fourth-order valence-electron chi connectivity index (χ4n) is 2.36. The highest BCUT2D eigenvalue weighted by molar-refractivity contribution is 7.90. The first-order valence-corrected chi connectivity index (χ1v) is 8.35. The van der Waals surface area contributed by atoms with E-state index in [9.17, 15) is 13.2 Å². The highest BCUT2D eigenvalue weighted by Crippen LogP contribution is 2.35. The average molecular weight is 303 g/mol. The highest BCUT2D eigenvalue weighted by Gasteiger charge is 2.49. The van der Waals surface area contributed by atoms with Crippen LogP contribution in [-0.2, 0) is 19.6 Å². The predicted molar refractivity (Wildman–Crippen MR) is 78.7 cm³/mol. The van der Waals surface area contributed by atoms with Gasteiger partial charge in [0.05, 0.1) is 11.4 Å². The molecular formula is C14H25NO4S. The topological polar surface area (TPSA) is 63.7 Å². The first kappa shape index (κ1) is 17.2. The summed E-state index contributed by atoms with van der Waals surface area (Å²) in [5, 5.41) is 0. The molecule has 2 atom stereocenters. The Balaban J connectivity index is 3.26. The lowest BCUT2D eigenvalue weighted by Crippen LogP contribution is -2.49. The minimum absolute atomic E-state index is 0.156. The third kappa shape index (κ3) is 2.91. The molecule has 0 unspecified atom stereocenters. The van der Waals surface area contributed by atoms with Crippen molar-refractivity contribution < 1.29 is 17.9 Å². The molecule has 0 radical (unpaired) electrons. The number of hydrogen-bond acceptors (Lipinski definition) is 4. The average Bonchev–Trinajstić information content (AvgIpc) is 2.65. The van der Waals surface area contributed by atoms with Gasteiger partial charge >= 0.3 is 5.97 Å². The quantitative estimate of drug-likeness (QED) is 0.590. The van der Waals surface area contributed by atoms with Crippen LogP contribution in [0.3, 0.4) is 0 Å². The zero-order valence-electron chi connectivity index (χ0n) is 13.1. The highest BCUT2D eigenvalue weighted by atomic mass is 32.2. The molecule has 1 saturated heterocycles. The van der Waals surface area contributed by atoms with Crippen molar-refractivity contribution in [2.24, 2.45) is 5.92 Å². The van der Waals surface area contributed by atoms with E-state index in [0.29, 0.717) is 0 Å². The molecule has 0 aromatic carbocycles. The maximum atomic E-state index is 12.7. The van der Waals surface area contributed by atoms with Gasteiger partial charge in [-0.2, -0.15) is 4.31 Å². The van der Waals surface area contributed by atoms with E-state index in [1.165, 1.54) is 4.31 Å². The molecule has 0 N–H and O–H groups in total. The van der Waals surface area contributed by atoms with E-state index >= 15 is 0 Å². The minimum Gasteiger partial charge on any atom is -0.465 e. The largest absolute Gasteiger partial charge is 0.465 e. The Morgan fingerprint density at radius 3 is 2.40 bits per heavy atom. The van der Waals surface area contributed by atoms with Crippen LogP contribution in [0, 0.1) is 5.92 Å². The van der Waals surface area contributed by atoms with Crippen LogP contribution in [0.5, 0.6) is 0 Å². The van der Waals surface area contributed by atoms with Gasteiger partial charge in [-0.25, -0.2) is 8.42 Å². The van der Waals surface area contributed by atoms with E-state index in [2.05, 4.69) is 0 Å². The summed E-state index contributed by atoms with van der Waals surface area (Å²) in [5.74, 6) is -0.624. The summed E-state index contributed by atoms with van der Waals surface area (Å²) in [4.78, 5) is 12.1. The van der Waals surface area contributed by atoms with Crippen molar-refractivity contribution in [2.75, 3.05) is 13.2 Å². The van der Waals surface area contributed by atoms with Crippen LogP contribution in [0.1, 0.15) is 41.5 Å². The van der Waals surface area contributed by atoms with Crippen LogP contribution >= 0.6 is 0 Å². The summed E-state index contributed by atoms with van der Waals surface area (Å²) in [5.41, 5.74) is 0.955. The van der Waals surface area contributed by atoms with Gasteiger partial charge < -0.3 is 4.74 Å².